The minimum Gasteiger partial charge on any atom is -0.302 e. The number of rotatable bonds is 4. The highest BCUT2D eigenvalue weighted by Crippen LogP contribution is 2.26. The van der Waals surface area contributed by atoms with Crippen molar-refractivity contribution in [2.75, 3.05) is 5.32 Å². The standard InChI is InChI=1S/C20H20N6O3S/c1-10-5-6-12(7-11(10)2)14-9-30-19(21-14)22-15(27)8-13-16-17(24-23-13)25(3)20(29)26(4)18(16)28/h5-7,9H,8H2,1-4H3,(H,23,24)(H,21,22,27). The van der Waals surface area contributed by atoms with Crippen LogP contribution in [0.2, 0.25) is 0 Å². The number of anilines is 1. The van der Waals surface area contributed by atoms with E-state index in [-0.39, 0.29) is 23.4 Å². The summed E-state index contributed by atoms with van der Waals surface area (Å²) < 4.78 is 2.27. The summed E-state index contributed by atoms with van der Waals surface area (Å²) in [5, 5.41) is 12.1. The summed E-state index contributed by atoms with van der Waals surface area (Å²) in [6.45, 7) is 4.10. The van der Waals surface area contributed by atoms with Crippen molar-refractivity contribution in [2.45, 2.75) is 20.3 Å². The molecule has 4 aromatic rings. The number of hydrogen-bond acceptors (Lipinski definition) is 6. The van der Waals surface area contributed by atoms with E-state index in [0.717, 1.165) is 15.8 Å². The Morgan fingerprint density at radius 1 is 1.17 bits per heavy atom. The van der Waals surface area contributed by atoms with E-state index >= 15 is 0 Å². The molecular formula is C20H20N6O3S. The molecule has 3 aromatic heterocycles. The van der Waals surface area contributed by atoms with Crippen LogP contribution in [0.3, 0.4) is 0 Å². The second-order valence-corrected chi connectivity index (χ2v) is 8.03. The fraction of sp³-hybridized carbons (Fsp3) is 0.250. The predicted molar refractivity (Wildman–Crippen MR) is 116 cm³/mol. The fourth-order valence-corrected chi connectivity index (χ4v) is 3.96. The van der Waals surface area contributed by atoms with Gasteiger partial charge in [-0.25, -0.2) is 9.78 Å². The van der Waals surface area contributed by atoms with Crippen LogP contribution in [0.1, 0.15) is 16.8 Å². The lowest BCUT2D eigenvalue weighted by Gasteiger charge is -2.04. The van der Waals surface area contributed by atoms with Gasteiger partial charge < -0.3 is 5.32 Å². The topological polar surface area (TPSA) is 115 Å². The molecule has 0 bridgehead atoms. The van der Waals surface area contributed by atoms with Gasteiger partial charge in [0.1, 0.15) is 5.39 Å². The summed E-state index contributed by atoms with van der Waals surface area (Å²) in [6.07, 6.45) is -0.0947. The normalized spacial score (nSPS) is 11.2. The number of fused-ring (bicyclic) bond motifs is 1. The number of benzene rings is 1. The first-order valence-corrected chi connectivity index (χ1v) is 10.1. The molecule has 0 unspecified atom stereocenters. The first-order valence-electron chi connectivity index (χ1n) is 9.22. The van der Waals surface area contributed by atoms with Gasteiger partial charge in [-0.1, -0.05) is 12.1 Å². The van der Waals surface area contributed by atoms with Crippen molar-refractivity contribution >= 4 is 33.4 Å². The van der Waals surface area contributed by atoms with Gasteiger partial charge in [0.25, 0.3) is 5.56 Å². The van der Waals surface area contributed by atoms with Gasteiger partial charge in [0.2, 0.25) is 5.91 Å². The molecule has 0 aliphatic rings. The molecule has 10 heteroatoms. The highest BCUT2D eigenvalue weighted by atomic mass is 32.1. The van der Waals surface area contributed by atoms with Crippen molar-refractivity contribution in [3.05, 3.63) is 61.2 Å². The third-order valence-electron chi connectivity index (χ3n) is 5.12. The van der Waals surface area contributed by atoms with E-state index in [1.165, 1.54) is 41.1 Å². The third kappa shape index (κ3) is 3.35. The van der Waals surface area contributed by atoms with Crippen LogP contribution in [0.25, 0.3) is 22.3 Å². The molecule has 0 atom stereocenters. The van der Waals surface area contributed by atoms with Crippen molar-refractivity contribution in [3.63, 3.8) is 0 Å². The minimum atomic E-state index is -0.490. The molecule has 0 fully saturated rings. The van der Waals surface area contributed by atoms with Gasteiger partial charge in [0.05, 0.1) is 17.8 Å². The molecule has 1 aromatic carbocycles. The number of thiazole rings is 1. The number of H-pyrrole nitrogens is 1. The average molecular weight is 424 g/mol. The summed E-state index contributed by atoms with van der Waals surface area (Å²) in [4.78, 5) is 41.5. The molecular weight excluding hydrogens is 404 g/mol. The molecule has 0 spiro atoms. The van der Waals surface area contributed by atoms with E-state index in [0.29, 0.717) is 10.8 Å². The van der Waals surface area contributed by atoms with Crippen molar-refractivity contribution in [1.29, 1.82) is 0 Å². The highest BCUT2D eigenvalue weighted by molar-refractivity contribution is 7.14. The van der Waals surface area contributed by atoms with Crippen LogP contribution in [0, 0.1) is 13.8 Å². The molecule has 0 saturated carbocycles. The van der Waals surface area contributed by atoms with E-state index < -0.39 is 11.2 Å². The van der Waals surface area contributed by atoms with E-state index in [1.807, 2.05) is 24.4 Å². The second kappa shape index (κ2) is 7.38. The number of hydrogen-bond donors (Lipinski definition) is 2. The van der Waals surface area contributed by atoms with Gasteiger partial charge in [0, 0.05) is 25.0 Å². The molecule has 4 rings (SSSR count). The second-order valence-electron chi connectivity index (χ2n) is 7.17. The maximum absolute atomic E-state index is 12.5. The zero-order valence-electron chi connectivity index (χ0n) is 16.9. The van der Waals surface area contributed by atoms with Crippen LogP contribution in [0.15, 0.2) is 33.2 Å². The first kappa shape index (κ1) is 19.8. The van der Waals surface area contributed by atoms with Crippen molar-refractivity contribution in [1.82, 2.24) is 24.3 Å². The molecule has 9 nitrogen and oxygen atoms in total. The number of carbonyl (C=O) groups is 1. The molecule has 0 aliphatic heterocycles. The van der Waals surface area contributed by atoms with E-state index in [2.05, 4.69) is 33.5 Å². The molecule has 0 aliphatic carbocycles. The SMILES string of the molecule is Cc1ccc(-c2csc(NC(=O)Cc3[nH]nc4c3c(=O)n(C)c(=O)n4C)n2)cc1C. The molecule has 154 valence electrons. The third-order valence-corrected chi connectivity index (χ3v) is 5.88. The lowest BCUT2D eigenvalue weighted by atomic mass is 10.1. The van der Waals surface area contributed by atoms with Crippen molar-refractivity contribution < 1.29 is 4.79 Å². The van der Waals surface area contributed by atoms with Gasteiger partial charge in [-0.3, -0.25) is 23.8 Å². The number of carbonyl (C=O) groups excluding carboxylic acids is 1. The monoisotopic (exact) mass is 424 g/mol. The van der Waals surface area contributed by atoms with Gasteiger partial charge in [-0.05, 0) is 31.0 Å². The Kier molecular flexibility index (Phi) is 4.86. The minimum absolute atomic E-state index is 0.0947. The van der Waals surface area contributed by atoms with Crippen LogP contribution in [0.5, 0.6) is 0 Å². The maximum Gasteiger partial charge on any atom is 0.332 e. The Morgan fingerprint density at radius 3 is 2.67 bits per heavy atom. The average Bonchev–Trinajstić information content (AvgIpc) is 3.34. The largest absolute Gasteiger partial charge is 0.332 e. The van der Waals surface area contributed by atoms with Crippen LogP contribution >= 0.6 is 11.3 Å². The summed E-state index contributed by atoms with van der Waals surface area (Å²) in [6, 6.07) is 6.10. The Morgan fingerprint density at radius 2 is 1.93 bits per heavy atom. The van der Waals surface area contributed by atoms with Gasteiger partial charge in [0.15, 0.2) is 10.8 Å². The van der Waals surface area contributed by atoms with Gasteiger partial charge >= 0.3 is 5.69 Å². The van der Waals surface area contributed by atoms with Crippen LogP contribution in [-0.2, 0) is 25.3 Å². The lowest BCUT2D eigenvalue weighted by Crippen LogP contribution is -2.37. The number of aromatic amines is 1. The maximum atomic E-state index is 12.5. The molecule has 1 amide bonds. The van der Waals surface area contributed by atoms with Gasteiger partial charge in [-0.2, -0.15) is 5.10 Å². The first-order chi connectivity index (χ1) is 14.3. The zero-order valence-corrected chi connectivity index (χ0v) is 17.8. The molecule has 2 N–H and O–H groups in total. The van der Waals surface area contributed by atoms with E-state index in [1.54, 1.807) is 0 Å². The van der Waals surface area contributed by atoms with Crippen LogP contribution < -0.4 is 16.6 Å². The van der Waals surface area contributed by atoms with Crippen molar-refractivity contribution in [2.24, 2.45) is 14.1 Å². The zero-order chi connectivity index (χ0) is 21.6. The molecule has 0 radical (unpaired) electrons. The van der Waals surface area contributed by atoms with Crippen LogP contribution in [0.4, 0.5) is 5.13 Å². The Bertz CT molecular complexity index is 1410. The lowest BCUT2D eigenvalue weighted by molar-refractivity contribution is -0.115. The number of nitrogens with one attached hydrogen (secondary N) is 2. The smallest absolute Gasteiger partial charge is 0.302 e. The van der Waals surface area contributed by atoms with Crippen molar-refractivity contribution in [3.8, 4) is 11.3 Å². The number of nitrogens with zero attached hydrogens (tertiary/aromatic N) is 4. The van der Waals surface area contributed by atoms with E-state index in [9.17, 15) is 14.4 Å². The quantitative estimate of drug-likeness (QED) is 0.519. The predicted octanol–water partition coefficient (Wildman–Crippen LogP) is 1.88. The number of aromatic nitrogens is 5. The van der Waals surface area contributed by atoms with E-state index in [4.69, 9.17) is 0 Å². The molecule has 3 heterocycles. The fourth-order valence-electron chi connectivity index (χ4n) is 3.22. The molecule has 30 heavy (non-hydrogen) atoms. The summed E-state index contributed by atoms with van der Waals surface area (Å²) in [5.41, 5.74) is 3.76. The van der Waals surface area contributed by atoms with Gasteiger partial charge in [-0.15, -0.1) is 11.3 Å². The number of aryl methyl sites for hydroxylation is 3. The summed E-state index contributed by atoms with van der Waals surface area (Å²) in [5.74, 6) is -0.336. The summed E-state index contributed by atoms with van der Waals surface area (Å²) >= 11 is 1.33. The van der Waals surface area contributed by atoms with Crippen LogP contribution in [-0.4, -0.2) is 30.2 Å². The number of amides is 1. The summed E-state index contributed by atoms with van der Waals surface area (Å²) in [7, 11) is 2.92. The Balaban J connectivity index is 1.56. The highest BCUT2D eigenvalue weighted by Gasteiger charge is 2.18. The Labute approximate surface area is 175 Å². The molecule has 0 saturated heterocycles. The Hall–Kier alpha value is -3.53.